The van der Waals surface area contributed by atoms with Gasteiger partial charge in [0, 0.05) is 24.2 Å². The summed E-state index contributed by atoms with van der Waals surface area (Å²) in [4.78, 5) is 35.6. The van der Waals surface area contributed by atoms with Crippen molar-refractivity contribution >= 4 is 44.9 Å². The molecule has 4 rings (SSSR count). The molecule has 2 heterocycles. The lowest BCUT2D eigenvalue weighted by Gasteiger charge is -2.25. The molecule has 178 valence electrons. The molecular weight excluding hydrogens is 468 g/mol. The van der Waals surface area contributed by atoms with E-state index in [0.29, 0.717) is 24.9 Å². The maximum absolute atomic E-state index is 13.6. The molecule has 1 aliphatic carbocycles. The summed E-state index contributed by atoms with van der Waals surface area (Å²) in [6.07, 6.45) is 4.39. The summed E-state index contributed by atoms with van der Waals surface area (Å²) >= 11 is 2.90. The van der Waals surface area contributed by atoms with Gasteiger partial charge in [0.1, 0.15) is 4.83 Å². The monoisotopic (exact) mass is 496 g/mol. The van der Waals surface area contributed by atoms with E-state index in [2.05, 4.69) is 6.07 Å². The van der Waals surface area contributed by atoms with Crippen molar-refractivity contribution in [3.63, 3.8) is 0 Å². The Balaban J connectivity index is 1.68. The molecule has 1 amide bonds. The lowest BCUT2D eigenvalue weighted by molar-refractivity contribution is -0.117. The molecule has 1 unspecified atom stereocenters. The van der Waals surface area contributed by atoms with Crippen LogP contribution in [0.1, 0.15) is 36.6 Å². The largest absolute Gasteiger partial charge is 0.383 e. The zero-order valence-corrected chi connectivity index (χ0v) is 21.1. The molecule has 0 bridgehead atoms. The number of amides is 1. The van der Waals surface area contributed by atoms with Gasteiger partial charge in [-0.15, -0.1) is 11.3 Å². The van der Waals surface area contributed by atoms with Gasteiger partial charge >= 0.3 is 0 Å². The molecule has 2 aromatic heterocycles. The van der Waals surface area contributed by atoms with Crippen LogP contribution in [0.25, 0.3) is 10.2 Å². The molecule has 0 spiro atoms. The number of rotatable bonds is 9. The molecule has 7 nitrogen and oxygen atoms in total. The number of methoxy groups -OCH3 is 1. The summed E-state index contributed by atoms with van der Waals surface area (Å²) in [5, 5.41) is 9.86. The van der Waals surface area contributed by atoms with E-state index in [1.165, 1.54) is 16.6 Å². The number of carbonyl (C=O) groups is 1. The Hall–Kier alpha value is -2.67. The third-order valence-corrected chi connectivity index (χ3v) is 8.23. The molecule has 1 atom stereocenters. The highest BCUT2D eigenvalue weighted by Crippen LogP contribution is 2.35. The fraction of sp³-hybridized carbons (Fsp3) is 0.440. The standard InChI is InChI=1S/C25H28N4O3S2/c1-17(23(30)28(14-8-13-26)18-9-4-3-5-10-18)33-25-27-22-21(24(31)29(25)15-16-32-2)19-11-6-7-12-20(19)34-22/h3-5,9-10,17H,6-8,11-12,14-16H2,1-2H3. The number of aryl methyl sites for hydroxylation is 2. The van der Waals surface area contributed by atoms with Gasteiger partial charge < -0.3 is 9.64 Å². The summed E-state index contributed by atoms with van der Waals surface area (Å²) in [5.74, 6) is -0.121. The lowest BCUT2D eigenvalue weighted by atomic mass is 9.97. The zero-order valence-electron chi connectivity index (χ0n) is 19.5. The average Bonchev–Trinajstić information content (AvgIpc) is 3.23. The minimum absolute atomic E-state index is 0.0482. The zero-order chi connectivity index (χ0) is 24.1. The summed E-state index contributed by atoms with van der Waals surface area (Å²) in [6, 6.07) is 11.5. The molecule has 0 aliphatic heterocycles. The van der Waals surface area contributed by atoms with E-state index in [9.17, 15) is 9.59 Å². The summed E-state index contributed by atoms with van der Waals surface area (Å²) in [7, 11) is 1.61. The second-order valence-electron chi connectivity index (χ2n) is 8.23. The minimum Gasteiger partial charge on any atom is -0.383 e. The number of nitrogens with zero attached hydrogens (tertiary/aromatic N) is 4. The van der Waals surface area contributed by atoms with Gasteiger partial charge in [-0.3, -0.25) is 14.2 Å². The molecule has 0 saturated carbocycles. The number of fused-ring (bicyclic) bond motifs is 3. The average molecular weight is 497 g/mol. The topological polar surface area (TPSA) is 88.2 Å². The van der Waals surface area contributed by atoms with Crippen LogP contribution in [0.15, 0.2) is 40.3 Å². The Morgan fingerprint density at radius 1 is 1.32 bits per heavy atom. The minimum atomic E-state index is -0.494. The van der Waals surface area contributed by atoms with Crippen molar-refractivity contribution in [2.24, 2.45) is 0 Å². The Morgan fingerprint density at radius 3 is 2.82 bits per heavy atom. The molecule has 0 fully saturated rings. The third kappa shape index (κ3) is 5.04. The first-order valence-electron chi connectivity index (χ1n) is 11.5. The molecule has 34 heavy (non-hydrogen) atoms. The van der Waals surface area contributed by atoms with Crippen LogP contribution in [0.4, 0.5) is 5.69 Å². The van der Waals surface area contributed by atoms with E-state index < -0.39 is 5.25 Å². The molecule has 0 N–H and O–H groups in total. The number of thioether (sulfide) groups is 1. The van der Waals surface area contributed by atoms with Crippen molar-refractivity contribution in [1.29, 1.82) is 5.26 Å². The van der Waals surface area contributed by atoms with E-state index in [1.54, 1.807) is 27.9 Å². The van der Waals surface area contributed by atoms with Crippen LogP contribution in [-0.4, -0.2) is 41.0 Å². The normalized spacial score (nSPS) is 13.9. The molecule has 3 aromatic rings. The highest BCUT2D eigenvalue weighted by molar-refractivity contribution is 8.00. The highest BCUT2D eigenvalue weighted by atomic mass is 32.2. The van der Waals surface area contributed by atoms with Crippen LogP contribution < -0.4 is 10.5 Å². The first-order chi connectivity index (χ1) is 16.5. The number of aromatic nitrogens is 2. The number of ether oxygens (including phenoxy) is 1. The highest BCUT2D eigenvalue weighted by Gasteiger charge is 2.27. The van der Waals surface area contributed by atoms with E-state index in [-0.39, 0.29) is 17.9 Å². The third-order valence-electron chi connectivity index (χ3n) is 5.97. The van der Waals surface area contributed by atoms with Crippen LogP contribution in [0, 0.1) is 11.3 Å². The quantitative estimate of drug-likeness (QED) is 0.322. The van der Waals surface area contributed by atoms with Gasteiger partial charge in [-0.05, 0) is 50.3 Å². The Bertz CT molecular complexity index is 1260. The summed E-state index contributed by atoms with van der Waals surface area (Å²) in [6.45, 7) is 2.90. The first kappa shape index (κ1) is 24.5. The smallest absolute Gasteiger partial charge is 0.263 e. The number of carbonyl (C=O) groups excluding carboxylic acids is 1. The van der Waals surface area contributed by atoms with Crippen molar-refractivity contribution in [3.8, 4) is 6.07 Å². The SMILES string of the molecule is COCCn1c(SC(C)C(=O)N(CCC#N)c2ccccc2)nc2sc3c(c2c1=O)CCCC3. The van der Waals surface area contributed by atoms with Crippen molar-refractivity contribution in [1.82, 2.24) is 9.55 Å². The van der Waals surface area contributed by atoms with Gasteiger partial charge in [-0.1, -0.05) is 30.0 Å². The maximum atomic E-state index is 13.6. The van der Waals surface area contributed by atoms with Crippen molar-refractivity contribution < 1.29 is 9.53 Å². The van der Waals surface area contributed by atoms with Crippen LogP contribution >= 0.6 is 23.1 Å². The van der Waals surface area contributed by atoms with Gasteiger partial charge in [-0.25, -0.2) is 4.98 Å². The van der Waals surface area contributed by atoms with Crippen molar-refractivity contribution in [3.05, 3.63) is 51.1 Å². The molecule has 9 heteroatoms. The maximum Gasteiger partial charge on any atom is 0.263 e. The number of anilines is 1. The molecule has 1 aromatic carbocycles. The fourth-order valence-corrected chi connectivity index (χ4v) is 6.55. The van der Waals surface area contributed by atoms with Gasteiger partial charge in [-0.2, -0.15) is 5.26 Å². The van der Waals surface area contributed by atoms with Crippen LogP contribution in [0.5, 0.6) is 0 Å². The Labute approximate surface area is 207 Å². The summed E-state index contributed by atoms with van der Waals surface area (Å²) < 4.78 is 6.91. The number of thiophene rings is 1. The molecule has 0 saturated heterocycles. The number of benzene rings is 1. The summed E-state index contributed by atoms with van der Waals surface area (Å²) in [5.41, 5.74) is 1.86. The number of nitriles is 1. The van der Waals surface area contributed by atoms with Crippen molar-refractivity contribution in [2.75, 3.05) is 25.2 Å². The lowest BCUT2D eigenvalue weighted by Crippen LogP contribution is -2.38. The van der Waals surface area contributed by atoms with Gasteiger partial charge in [0.25, 0.3) is 5.56 Å². The predicted molar refractivity (Wildman–Crippen MR) is 137 cm³/mol. The number of para-hydroxylation sites is 1. The van der Waals surface area contributed by atoms with E-state index >= 15 is 0 Å². The van der Waals surface area contributed by atoms with Crippen LogP contribution in [0.2, 0.25) is 0 Å². The van der Waals surface area contributed by atoms with E-state index in [1.807, 2.05) is 37.3 Å². The first-order valence-corrected chi connectivity index (χ1v) is 13.2. The van der Waals surface area contributed by atoms with Gasteiger partial charge in [0.15, 0.2) is 5.16 Å². The number of hydrogen-bond acceptors (Lipinski definition) is 7. The van der Waals surface area contributed by atoms with Gasteiger partial charge in [0.05, 0.1) is 36.3 Å². The molecule has 1 aliphatic rings. The second kappa shape index (κ2) is 11.2. The van der Waals surface area contributed by atoms with Crippen molar-refractivity contribution in [2.45, 2.75) is 56.0 Å². The Morgan fingerprint density at radius 2 is 2.09 bits per heavy atom. The van der Waals surface area contributed by atoms with Crippen LogP contribution in [0.3, 0.4) is 0 Å². The van der Waals surface area contributed by atoms with E-state index in [0.717, 1.165) is 47.2 Å². The number of hydrogen-bond donors (Lipinski definition) is 0. The fourth-order valence-electron chi connectivity index (χ4n) is 4.25. The second-order valence-corrected chi connectivity index (χ2v) is 10.6. The molecular formula is C25H28N4O3S2. The van der Waals surface area contributed by atoms with E-state index in [4.69, 9.17) is 15.0 Å². The Kier molecular flexibility index (Phi) is 8.03. The van der Waals surface area contributed by atoms with Gasteiger partial charge in [0.2, 0.25) is 5.91 Å². The predicted octanol–water partition coefficient (Wildman–Crippen LogP) is 4.41. The van der Waals surface area contributed by atoms with Crippen LogP contribution in [-0.2, 0) is 28.9 Å². The molecule has 0 radical (unpaired) electrons.